The van der Waals surface area contributed by atoms with E-state index in [-0.39, 0.29) is 0 Å². The van der Waals surface area contributed by atoms with E-state index >= 15 is 0 Å². The van der Waals surface area contributed by atoms with E-state index in [4.69, 9.17) is 0 Å². The third-order valence-electron chi connectivity index (χ3n) is 2.55. The van der Waals surface area contributed by atoms with Gasteiger partial charge in [-0.1, -0.05) is 0 Å². The Morgan fingerprint density at radius 3 is 2.62 bits per heavy atom. The van der Waals surface area contributed by atoms with Gasteiger partial charge in [-0.25, -0.2) is 14.5 Å². The molecular formula is C11H11N5. The molecule has 3 heterocycles. The number of aromatic nitrogens is 5. The number of rotatable bonds is 1. The van der Waals surface area contributed by atoms with Gasteiger partial charge in [0.2, 0.25) is 0 Å². The van der Waals surface area contributed by atoms with Crippen molar-refractivity contribution in [3.8, 4) is 5.82 Å². The lowest BCUT2D eigenvalue weighted by molar-refractivity contribution is 0.881. The van der Waals surface area contributed by atoms with Crippen molar-refractivity contribution in [1.82, 2.24) is 24.1 Å². The second kappa shape index (κ2) is 3.16. The van der Waals surface area contributed by atoms with E-state index in [0.717, 1.165) is 22.9 Å². The molecule has 3 rings (SSSR count). The molecule has 5 heteroatoms. The van der Waals surface area contributed by atoms with Crippen LogP contribution in [-0.4, -0.2) is 24.1 Å². The van der Waals surface area contributed by atoms with E-state index in [0.29, 0.717) is 0 Å². The van der Waals surface area contributed by atoms with Gasteiger partial charge in [0.15, 0.2) is 5.82 Å². The number of nitrogens with zero attached hydrogens (tertiary/aromatic N) is 5. The Bertz CT molecular complexity index is 649. The predicted octanol–water partition coefficient (Wildman–Crippen LogP) is 1.53. The third kappa shape index (κ3) is 1.21. The van der Waals surface area contributed by atoms with Gasteiger partial charge in [0.05, 0.1) is 5.69 Å². The normalized spacial score (nSPS) is 11.1. The largest absolute Gasteiger partial charge is 0.286 e. The SMILES string of the molecule is Cc1cc2c(-n3ccnc3C)nccn2n1. The number of fused-ring (bicyclic) bond motifs is 1. The minimum Gasteiger partial charge on any atom is -0.286 e. The Morgan fingerprint density at radius 1 is 1.06 bits per heavy atom. The summed E-state index contributed by atoms with van der Waals surface area (Å²) < 4.78 is 3.79. The van der Waals surface area contributed by atoms with Crippen LogP contribution < -0.4 is 0 Å². The molecule has 0 saturated carbocycles. The summed E-state index contributed by atoms with van der Waals surface area (Å²) in [6.07, 6.45) is 7.26. The monoisotopic (exact) mass is 213 g/mol. The molecule has 0 fully saturated rings. The van der Waals surface area contributed by atoms with Crippen molar-refractivity contribution >= 4 is 5.52 Å². The first kappa shape index (κ1) is 9.08. The first-order chi connectivity index (χ1) is 7.75. The van der Waals surface area contributed by atoms with Crippen molar-refractivity contribution < 1.29 is 0 Å². The minimum absolute atomic E-state index is 0.859. The van der Waals surface area contributed by atoms with Crippen LogP contribution in [-0.2, 0) is 0 Å². The smallest absolute Gasteiger partial charge is 0.164 e. The van der Waals surface area contributed by atoms with Gasteiger partial charge in [-0.3, -0.25) is 4.57 Å². The summed E-state index contributed by atoms with van der Waals surface area (Å²) in [6.45, 7) is 3.92. The molecule has 0 radical (unpaired) electrons. The summed E-state index contributed by atoms with van der Waals surface area (Å²) in [5, 5.41) is 4.36. The zero-order valence-corrected chi connectivity index (χ0v) is 9.12. The molecule has 3 aromatic heterocycles. The predicted molar refractivity (Wildman–Crippen MR) is 59.6 cm³/mol. The summed E-state index contributed by atoms with van der Waals surface area (Å²) in [5.74, 6) is 1.78. The zero-order chi connectivity index (χ0) is 11.1. The standard InChI is InChI=1S/C11H11N5/c1-8-7-10-11(13-4-6-16(10)14-8)15-5-3-12-9(15)2/h3-7H,1-2H3. The zero-order valence-electron chi connectivity index (χ0n) is 9.12. The first-order valence-electron chi connectivity index (χ1n) is 5.07. The summed E-state index contributed by atoms with van der Waals surface area (Å²) in [5.41, 5.74) is 1.97. The lowest BCUT2D eigenvalue weighted by Gasteiger charge is -2.04. The molecule has 0 saturated heterocycles. The number of imidazole rings is 1. The fourth-order valence-electron chi connectivity index (χ4n) is 1.82. The summed E-state index contributed by atoms with van der Waals surface area (Å²) in [6, 6.07) is 2.02. The summed E-state index contributed by atoms with van der Waals surface area (Å²) in [4.78, 5) is 8.59. The second-order valence-corrected chi connectivity index (χ2v) is 3.71. The van der Waals surface area contributed by atoms with Gasteiger partial charge in [0, 0.05) is 24.8 Å². The van der Waals surface area contributed by atoms with Crippen LogP contribution in [0.5, 0.6) is 0 Å². The van der Waals surface area contributed by atoms with Crippen LogP contribution in [0.15, 0.2) is 30.9 Å². The number of hydrogen-bond acceptors (Lipinski definition) is 3. The Morgan fingerprint density at radius 2 is 1.88 bits per heavy atom. The van der Waals surface area contributed by atoms with Crippen LogP contribution in [0.3, 0.4) is 0 Å². The van der Waals surface area contributed by atoms with E-state index in [1.807, 2.05) is 41.4 Å². The van der Waals surface area contributed by atoms with Gasteiger partial charge >= 0.3 is 0 Å². The van der Waals surface area contributed by atoms with E-state index < -0.39 is 0 Å². The van der Waals surface area contributed by atoms with Crippen molar-refractivity contribution in [2.45, 2.75) is 13.8 Å². The highest BCUT2D eigenvalue weighted by molar-refractivity contribution is 5.61. The third-order valence-corrected chi connectivity index (χ3v) is 2.55. The molecule has 0 amide bonds. The molecule has 0 N–H and O–H groups in total. The summed E-state index contributed by atoms with van der Waals surface area (Å²) >= 11 is 0. The van der Waals surface area contributed by atoms with Crippen LogP contribution in [0.25, 0.3) is 11.3 Å². The molecule has 0 atom stereocenters. The van der Waals surface area contributed by atoms with Crippen molar-refractivity contribution in [3.05, 3.63) is 42.4 Å². The van der Waals surface area contributed by atoms with Crippen LogP contribution in [0.4, 0.5) is 0 Å². The Hall–Kier alpha value is -2.17. The molecule has 3 aromatic rings. The van der Waals surface area contributed by atoms with E-state index in [9.17, 15) is 0 Å². The van der Waals surface area contributed by atoms with Gasteiger partial charge < -0.3 is 0 Å². The lowest BCUT2D eigenvalue weighted by Crippen LogP contribution is -2.01. The lowest BCUT2D eigenvalue weighted by atomic mass is 10.4. The Labute approximate surface area is 92.4 Å². The molecule has 80 valence electrons. The maximum atomic E-state index is 4.39. The fraction of sp³-hybridized carbons (Fsp3) is 0.182. The molecule has 0 bridgehead atoms. The van der Waals surface area contributed by atoms with Gasteiger partial charge in [-0.2, -0.15) is 5.10 Å². The fourth-order valence-corrected chi connectivity index (χ4v) is 1.82. The quantitative estimate of drug-likeness (QED) is 0.616. The van der Waals surface area contributed by atoms with E-state index in [1.54, 1.807) is 12.4 Å². The van der Waals surface area contributed by atoms with Gasteiger partial charge in [-0.05, 0) is 19.9 Å². The van der Waals surface area contributed by atoms with Crippen LogP contribution in [0.2, 0.25) is 0 Å². The molecule has 0 aliphatic rings. The molecule has 0 unspecified atom stereocenters. The average Bonchev–Trinajstić information content (AvgIpc) is 2.82. The maximum absolute atomic E-state index is 4.39. The second-order valence-electron chi connectivity index (χ2n) is 3.71. The minimum atomic E-state index is 0.859. The molecular weight excluding hydrogens is 202 g/mol. The van der Waals surface area contributed by atoms with Crippen molar-refractivity contribution in [2.24, 2.45) is 0 Å². The Kier molecular flexibility index (Phi) is 1.80. The van der Waals surface area contributed by atoms with Gasteiger partial charge in [0.25, 0.3) is 0 Å². The summed E-state index contributed by atoms with van der Waals surface area (Å²) in [7, 11) is 0. The van der Waals surface area contributed by atoms with Crippen LogP contribution in [0, 0.1) is 13.8 Å². The highest BCUT2D eigenvalue weighted by atomic mass is 15.2. The van der Waals surface area contributed by atoms with Crippen LogP contribution >= 0.6 is 0 Å². The van der Waals surface area contributed by atoms with E-state index in [1.165, 1.54) is 0 Å². The van der Waals surface area contributed by atoms with Crippen molar-refractivity contribution in [1.29, 1.82) is 0 Å². The molecule has 0 aliphatic heterocycles. The van der Waals surface area contributed by atoms with Gasteiger partial charge in [-0.15, -0.1) is 0 Å². The number of aryl methyl sites for hydroxylation is 2. The number of hydrogen-bond donors (Lipinski definition) is 0. The first-order valence-corrected chi connectivity index (χ1v) is 5.07. The topological polar surface area (TPSA) is 48.0 Å². The molecule has 16 heavy (non-hydrogen) atoms. The maximum Gasteiger partial charge on any atom is 0.164 e. The highest BCUT2D eigenvalue weighted by Gasteiger charge is 2.08. The molecule has 0 aliphatic carbocycles. The Balaban J connectivity index is 2.35. The van der Waals surface area contributed by atoms with Crippen LogP contribution in [0.1, 0.15) is 11.5 Å². The van der Waals surface area contributed by atoms with Gasteiger partial charge in [0.1, 0.15) is 11.3 Å². The molecule has 0 spiro atoms. The van der Waals surface area contributed by atoms with E-state index in [2.05, 4.69) is 15.1 Å². The highest BCUT2D eigenvalue weighted by Crippen LogP contribution is 2.15. The molecule has 0 aromatic carbocycles. The van der Waals surface area contributed by atoms with Crippen molar-refractivity contribution in [2.75, 3.05) is 0 Å². The molecule has 5 nitrogen and oxygen atoms in total. The average molecular weight is 213 g/mol. The van der Waals surface area contributed by atoms with Crippen molar-refractivity contribution in [3.63, 3.8) is 0 Å².